The summed E-state index contributed by atoms with van der Waals surface area (Å²) in [4.78, 5) is 23.6. The average Bonchev–Trinajstić information content (AvgIpc) is 2.64. The Bertz CT molecular complexity index is 695. The van der Waals surface area contributed by atoms with E-state index in [1.165, 1.54) is 6.08 Å². The first kappa shape index (κ1) is 17.5. The first-order valence-corrected chi connectivity index (χ1v) is 7.94. The summed E-state index contributed by atoms with van der Waals surface area (Å²) in [5.74, 6) is 0.362. The van der Waals surface area contributed by atoms with E-state index in [0.29, 0.717) is 30.0 Å². The van der Waals surface area contributed by atoms with Crippen molar-refractivity contribution in [3.05, 3.63) is 78.4 Å². The third-order valence-electron chi connectivity index (χ3n) is 3.48. The van der Waals surface area contributed by atoms with E-state index in [-0.39, 0.29) is 11.7 Å². The van der Waals surface area contributed by atoms with Crippen molar-refractivity contribution >= 4 is 11.7 Å². The lowest BCUT2D eigenvalue weighted by atomic mass is 10.0. The molecule has 0 aliphatic heterocycles. The quantitative estimate of drug-likeness (QED) is 0.437. The van der Waals surface area contributed by atoms with E-state index in [0.717, 1.165) is 12.8 Å². The standard InChI is InChI=1S/C20H21NO3/c1-2-19(22)21-14-8-9-15-24-18-13-7-6-12-17(18)20(23)16-10-4-3-5-11-16/h2-7,10-13H,1,8-9,14-15H2,(H,21,22). The predicted molar refractivity (Wildman–Crippen MR) is 94.3 cm³/mol. The highest BCUT2D eigenvalue weighted by Crippen LogP contribution is 2.21. The second kappa shape index (κ2) is 9.30. The summed E-state index contributed by atoms with van der Waals surface area (Å²) in [6.45, 7) is 4.47. The number of hydrogen-bond donors (Lipinski definition) is 1. The number of carbonyl (C=O) groups excluding carboxylic acids is 2. The molecule has 0 radical (unpaired) electrons. The number of amides is 1. The molecular weight excluding hydrogens is 302 g/mol. The molecule has 24 heavy (non-hydrogen) atoms. The number of benzene rings is 2. The number of carbonyl (C=O) groups is 2. The fraction of sp³-hybridized carbons (Fsp3) is 0.200. The van der Waals surface area contributed by atoms with Crippen LogP contribution in [-0.4, -0.2) is 24.8 Å². The summed E-state index contributed by atoms with van der Waals surface area (Å²) in [7, 11) is 0. The van der Waals surface area contributed by atoms with Gasteiger partial charge in [-0.05, 0) is 31.1 Å². The monoisotopic (exact) mass is 323 g/mol. The van der Waals surface area contributed by atoms with E-state index in [1.54, 1.807) is 24.3 Å². The molecule has 2 rings (SSSR count). The lowest BCUT2D eigenvalue weighted by Crippen LogP contribution is -2.22. The molecule has 2 aromatic rings. The Morgan fingerprint density at radius 3 is 2.46 bits per heavy atom. The van der Waals surface area contributed by atoms with Crippen LogP contribution in [0.25, 0.3) is 0 Å². The zero-order valence-electron chi connectivity index (χ0n) is 13.5. The van der Waals surface area contributed by atoms with Crippen molar-refractivity contribution in [2.45, 2.75) is 12.8 Å². The first-order valence-electron chi connectivity index (χ1n) is 7.94. The Balaban J connectivity index is 1.89. The third kappa shape index (κ3) is 5.09. The van der Waals surface area contributed by atoms with Gasteiger partial charge in [0.1, 0.15) is 5.75 Å². The molecule has 4 heteroatoms. The molecule has 0 aliphatic carbocycles. The molecule has 0 saturated carbocycles. The van der Waals surface area contributed by atoms with Crippen LogP contribution in [0, 0.1) is 0 Å². The average molecular weight is 323 g/mol. The van der Waals surface area contributed by atoms with Crippen molar-refractivity contribution in [3.63, 3.8) is 0 Å². The molecular formula is C20H21NO3. The van der Waals surface area contributed by atoms with Gasteiger partial charge in [0.05, 0.1) is 12.2 Å². The van der Waals surface area contributed by atoms with Gasteiger partial charge in [-0.25, -0.2) is 0 Å². The molecule has 0 spiro atoms. The highest BCUT2D eigenvalue weighted by atomic mass is 16.5. The molecule has 0 aliphatic rings. The van der Waals surface area contributed by atoms with E-state index >= 15 is 0 Å². The van der Waals surface area contributed by atoms with Gasteiger partial charge >= 0.3 is 0 Å². The normalized spacial score (nSPS) is 10.0. The summed E-state index contributed by atoms with van der Waals surface area (Å²) in [5.41, 5.74) is 1.20. The highest BCUT2D eigenvalue weighted by Gasteiger charge is 2.13. The maximum atomic E-state index is 12.6. The fourth-order valence-corrected chi connectivity index (χ4v) is 2.22. The zero-order valence-corrected chi connectivity index (χ0v) is 13.5. The molecule has 124 valence electrons. The number of para-hydroxylation sites is 1. The second-order valence-electron chi connectivity index (χ2n) is 5.24. The van der Waals surface area contributed by atoms with Gasteiger partial charge in [0.25, 0.3) is 0 Å². The third-order valence-corrected chi connectivity index (χ3v) is 3.48. The van der Waals surface area contributed by atoms with E-state index in [9.17, 15) is 9.59 Å². The van der Waals surface area contributed by atoms with Gasteiger partial charge in [0.2, 0.25) is 5.91 Å². The van der Waals surface area contributed by atoms with E-state index in [2.05, 4.69) is 11.9 Å². The number of ether oxygens (including phenoxy) is 1. The molecule has 0 bridgehead atoms. The van der Waals surface area contributed by atoms with Crippen LogP contribution in [0.15, 0.2) is 67.3 Å². The smallest absolute Gasteiger partial charge is 0.243 e. The molecule has 1 N–H and O–H groups in total. The van der Waals surface area contributed by atoms with Gasteiger partial charge in [-0.2, -0.15) is 0 Å². The van der Waals surface area contributed by atoms with Gasteiger partial charge in [-0.1, -0.05) is 49.0 Å². The highest BCUT2D eigenvalue weighted by molar-refractivity contribution is 6.10. The van der Waals surface area contributed by atoms with E-state index < -0.39 is 0 Å². The number of ketones is 1. The van der Waals surface area contributed by atoms with Crippen molar-refractivity contribution in [2.24, 2.45) is 0 Å². The summed E-state index contributed by atoms with van der Waals surface area (Å²) in [6.07, 6.45) is 2.83. The van der Waals surface area contributed by atoms with Gasteiger partial charge in [0.15, 0.2) is 5.78 Å². The maximum absolute atomic E-state index is 12.6. The van der Waals surface area contributed by atoms with Crippen LogP contribution < -0.4 is 10.1 Å². The van der Waals surface area contributed by atoms with Crippen molar-refractivity contribution < 1.29 is 14.3 Å². The molecule has 0 fully saturated rings. The number of rotatable bonds is 9. The minimum atomic E-state index is -0.172. The lowest BCUT2D eigenvalue weighted by molar-refractivity contribution is -0.116. The Morgan fingerprint density at radius 2 is 1.71 bits per heavy atom. The molecule has 0 atom stereocenters. The first-order chi connectivity index (χ1) is 11.7. The van der Waals surface area contributed by atoms with Crippen LogP contribution in [0.4, 0.5) is 0 Å². The van der Waals surface area contributed by atoms with Gasteiger partial charge in [0, 0.05) is 12.1 Å². The Kier molecular flexibility index (Phi) is 6.77. The van der Waals surface area contributed by atoms with Crippen molar-refractivity contribution in [1.29, 1.82) is 0 Å². The molecule has 0 aromatic heterocycles. The largest absolute Gasteiger partial charge is 0.493 e. The summed E-state index contributed by atoms with van der Waals surface area (Å²) < 4.78 is 5.76. The maximum Gasteiger partial charge on any atom is 0.243 e. The van der Waals surface area contributed by atoms with Crippen molar-refractivity contribution in [3.8, 4) is 5.75 Å². The van der Waals surface area contributed by atoms with Gasteiger partial charge < -0.3 is 10.1 Å². The fourth-order valence-electron chi connectivity index (χ4n) is 2.22. The van der Waals surface area contributed by atoms with E-state index in [4.69, 9.17) is 4.74 Å². The summed E-state index contributed by atoms with van der Waals surface area (Å²) >= 11 is 0. The van der Waals surface area contributed by atoms with Crippen LogP contribution in [0.1, 0.15) is 28.8 Å². The van der Waals surface area contributed by atoms with Crippen LogP contribution in [0.2, 0.25) is 0 Å². The SMILES string of the molecule is C=CC(=O)NCCCCOc1ccccc1C(=O)c1ccccc1. The van der Waals surface area contributed by atoms with Crippen molar-refractivity contribution in [1.82, 2.24) is 5.32 Å². The van der Waals surface area contributed by atoms with Crippen LogP contribution in [0.5, 0.6) is 5.75 Å². The van der Waals surface area contributed by atoms with Gasteiger partial charge in [-0.3, -0.25) is 9.59 Å². The summed E-state index contributed by atoms with van der Waals surface area (Å²) in [5, 5.41) is 2.72. The lowest BCUT2D eigenvalue weighted by Gasteiger charge is -2.11. The number of hydrogen-bond acceptors (Lipinski definition) is 3. The van der Waals surface area contributed by atoms with E-state index in [1.807, 2.05) is 30.3 Å². The summed E-state index contributed by atoms with van der Waals surface area (Å²) in [6, 6.07) is 16.4. The minimum absolute atomic E-state index is 0.0514. The Hall–Kier alpha value is -2.88. The molecule has 0 unspecified atom stereocenters. The Labute approximate surface area is 142 Å². The molecule has 0 heterocycles. The molecule has 1 amide bonds. The molecule has 0 saturated heterocycles. The zero-order chi connectivity index (χ0) is 17.2. The van der Waals surface area contributed by atoms with Crippen LogP contribution in [0.3, 0.4) is 0 Å². The Morgan fingerprint density at radius 1 is 1.00 bits per heavy atom. The second-order valence-corrected chi connectivity index (χ2v) is 5.24. The number of nitrogens with one attached hydrogen (secondary N) is 1. The van der Waals surface area contributed by atoms with Crippen LogP contribution in [-0.2, 0) is 4.79 Å². The van der Waals surface area contributed by atoms with Crippen molar-refractivity contribution in [2.75, 3.05) is 13.2 Å². The predicted octanol–water partition coefficient (Wildman–Crippen LogP) is 3.38. The molecule has 4 nitrogen and oxygen atoms in total. The van der Waals surface area contributed by atoms with Crippen LogP contribution >= 0.6 is 0 Å². The topological polar surface area (TPSA) is 55.4 Å². The van der Waals surface area contributed by atoms with Gasteiger partial charge in [-0.15, -0.1) is 0 Å². The molecule has 2 aromatic carbocycles. The number of unbranched alkanes of at least 4 members (excludes halogenated alkanes) is 1. The minimum Gasteiger partial charge on any atom is -0.493 e.